The van der Waals surface area contributed by atoms with Gasteiger partial charge in [-0.3, -0.25) is 0 Å². The minimum absolute atomic E-state index is 0. The predicted octanol–water partition coefficient (Wildman–Crippen LogP) is 2.84. The topological polar surface area (TPSA) is 161 Å². The highest BCUT2D eigenvalue weighted by Crippen LogP contribution is 2.28. The van der Waals surface area contributed by atoms with Crippen LogP contribution in [0.4, 0.5) is 0 Å². The maximum Gasteiger partial charge on any atom is 0.157 e. The minimum Gasteiger partial charge on any atom is -0.504 e. The Hall–Kier alpha value is -2.84. The molecule has 0 saturated heterocycles. The molecule has 2 aromatic rings. The molecular formula is C18H27NO7. The zero-order valence-corrected chi connectivity index (χ0v) is 13.8. The first-order chi connectivity index (χ1) is 11.9. The third kappa shape index (κ3) is 8.32. The van der Waals surface area contributed by atoms with E-state index in [9.17, 15) is 5.11 Å². The van der Waals surface area contributed by atoms with Gasteiger partial charge in [-0.25, -0.2) is 0 Å². The monoisotopic (exact) mass is 369 g/mol. The number of hydrogen-bond acceptors (Lipinski definition) is 8. The summed E-state index contributed by atoms with van der Waals surface area (Å²) in [7, 11) is 0. The molecule has 0 fully saturated rings. The van der Waals surface area contributed by atoms with E-state index in [1.165, 1.54) is 24.3 Å². The molecule has 0 saturated carbocycles. The van der Waals surface area contributed by atoms with Crippen molar-refractivity contribution in [1.82, 2.24) is 0 Å². The molecule has 146 valence electrons. The van der Waals surface area contributed by atoms with Crippen LogP contribution >= 0.6 is 0 Å². The summed E-state index contributed by atoms with van der Waals surface area (Å²) in [5, 5.41) is 45.4. The molecule has 7 N–H and O–H groups in total. The highest BCUT2D eigenvalue weighted by Gasteiger charge is 2.07. The second-order valence-electron chi connectivity index (χ2n) is 5.03. The fourth-order valence-electron chi connectivity index (χ4n) is 1.87. The zero-order chi connectivity index (χ0) is 19.4. The van der Waals surface area contributed by atoms with Crippen molar-refractivity contribution in [2.24, 2.45) is 5.73 Å². The van der Waals surface area contributed by atoms with Gasteiger partial charge in [0.1, 0.15) is 0 Å². The van der Waals surface area contributed by atoms with Crippen molar-refractivity contribution >= 4 is 0 Å². The highest BCUT2D eigenvalue weighted by atomic mass is 16.7. The molecule has 0 aliphatic heterocycles. The number of aliphatic hydroxyl groups excluding tert-OH is 1. The molecule has 1 atom stereocenters. The van der Waals surface area contributed by atoms with E-state index >= 15 is 0 Å². The Morgan fingerprint density at radius 1 is 0.885 bits per heavy atom. The third-order valence-corrected chi connectivity index (χ3v) is 3.24. The summed E-state index contributed by atoms with van der Waals surface area (Å²) in [6.45, 7) is 2.39. The molecule has 0 heterocycles. The maximum absolute atomic E-state index is 9.35. The summed E-state index contributed by atoms with van der Waals surface area (Å²) in [6, 6.07) is 9.03. The summed E-state index contributed by atoms with van der Waals surface area (Å²) < 4.78 is 0. The van der Waals surface area contributed by atoms with E-state index in [0.717, 1.165) is 5.56 Å². The molecule has 0 aliphatic carbocycles. The van der Waals surface area contributed by atoms with E-state index < -0.39 is 6.10 Å². The molecular weight excluding hydrogens is 342 g/mol. The van der Waals surface area contributed by atoms with Crippen LogP contribution in [0.15, 0.2) is 36.4 Å². The van der Waals surface area contributed by atoms with Gasteiger partial charge in [0.2, 0.25) is 0 Å². The van der Waals surface area contributed by atoms with Crippen LogP contribution in [0.3, 0.4) is 0 Å². The van der Waals surface area contributed by atoms with Crippen LogP contribution in [-0.2, 0) is 6.42 Å². The van der Waals surface area contributed by atoms with Crippen LogP contribution in [0.2, 0.25) is 0 Å². The molecule has 0 aliphatic rings. The van der Waals surface area contributed by atoms with Crippen LogP contribution in [-0.4, -0.2) is 32.1 Å². The minimum atomic E-state index is -0.573. The van der Waals surface area contributed by atoms with Crippen LogP contribution in [0.25, 0.3) is 0 Å². The second-order valence-corrected chi connectivity index (χ2v) is 5.03. The number of rotatable bonds is 4. The molecule has 2 aromatic carbocycles. The number of hydrogen-bond donors (Lipinski definition) is 6. The first-order valence-corrected chi connectivity index (χ1v) is 7.46. The smallest absolute Gasteiger partial charge is 0.157 e. The summed E-state index contributed by atoms with van der Waals surface area (Å²) in [4.78, 5) is 14.0. The Labute approximate surface area is 152 Å². The maximum atomic E-state index is 9.35. The average molecular weight is 369 g/mol. The quantitative estimate of drug-likeness (QED) is 0.448. The van der Waals surface area contributed by atoms with E-state index in [1.54, 1.807) is 12.1 Å². The highest BCUT2D eigenvalue weighted by molar-refractivity contribution is 5.41. The van der Waals surface area contributed by atoms with Gasteiger partial charge in [-0.15, -0.1) is 0 Å². The lowest BCUT2D eigenvalue weighted by Gasteiger charge is -2.08. The van der Waals surface area contributed by atoms with Gasteiger partial charge in [0.25, 0.3) is 0 Å². The van der Waals surface area contributed by atoms with Gasteiger partial charge in [0, 0.05) is 9.93 Å². The number of phenolic OH excluding ortho intramolecular Hbond substituents is 4. The summed E-state index contributed by atoms with van der Waals surface area (Å²) in [6.07, 6.45) is 0.731. The van der Waals surface area contributed by atoms with Crippen molar-refractivity contribution in [2.75, 3.05) is 6.54 Å². The van der Waals surface area contributed by atoms with Gasteiger partial charge < -0.3 is 31.3 Å². The molecule has 0 amide bonds. The lowest BCUT2D eigenvalue weighted by atomic mass is 10.1. The fraction of sp³-hybridized carbons (Fsp3) is 0.333. The van der Waals surface area contributed by atoms with Crippen LogP contribution in [0, 0.1) is 9.93 Å². The lowest BCUT2D eigenvalue weighted by Crippen LogP contribution is -2.02. The van der Waals surface area contributed by atoms with Crippen molar-refractivity contribution in [1.29, 1.82) is 0 Å². The van der Waals surface area contributed by atoms with Gasteiger partial charge in [-0.05, 0) is 54.8 Å². The summed E-state index contributed by atoms with van der Waals surface area (Å²) in [5.74, 6) is -0.538. The Bertz CT molecular complexity index is 649. The van der Waals surface area contributed by atoms with Crippen molar-refractivity contribution in [2.45, 2.75) is 33.3 Å². The van der Waals surface area contributed by atoms with E-state index in [-0.39, 0.29) is 30.4 Å². The number of aliphatic hydroxyl groups is 1. The molecule has 2 rings (SSSR count). The Balaban J connectivity index is 0. The lowest BCUT2D eigenvalue weighted by molar-refractivity contribution is 0.173. The van der Waals surface area contributed by atoms with E-state index in [2.05, 4.69) is 0 Å². The molecule has 0 radical (unpaired) electrons. The molecule has 8 heteroatoms. The number of phenols is 4. The van der Waals surface area contributed by atoms with Crippen molar-refractivity contribution < 1.29 is 25.5 Å². The van der Waals surface area contributed by atoms with Gasteiger partial charge in [0.15, 0.2) is 23.0 Å². The predicted molar refractivity (Wildman–Crippen MR) is 101 cm³/mol. The zero-order valence-electron chi connectivity index (χ0n) is 13.8. The second kappa shape index (κ2) is 13.5. The molecule has 26 heavy (non-hydrogen) atoms. The first-order valence-electron chi connectivity index (χ1n) is 7.46. The summed E-state index contributed by atoms with van der Waals surface area (Å²) >= 11 is 0. The SMILES string of the molecule is C.CCC(O)c1ccc(O)c(O)c1.NCCc1ccc(O)c(O)c1.O=O. The standard InChI is InChI=1S/C9H12O3.C8H11NO2.CH4.O2/c1-2-7(10)6-3-4-8(11)9(12)5-6;9-4-3-6-1-2-7(10)8(11)5-6;;1-2/h3-5,7,10-12H,2H2,1H3;1-2,5,10-11H,3-4,9H2;1H4;. The summed E-state index contributed by atoms with van der Waals surface area (Å²) in [5.41, 5.74) is 6.86. The van der Waals surface area contributed by atoms with Crippen LogP contribution < -0.4 is 5.73 Å². The van der Waals surface area contributed by atoms with Gasteiger partial charge >= 0.3 is 0 Å². The molecule has 1 unspecified atom stereocenters. The first kappa shape index (κ1) is 25.4. The molecule has 8 nitrogen and oxygen atoms in total. The van der Waals surface area contributed by atoms with E-state index in [0.29, 0.717) is 24.9 Å². The van der Waals surface area contributed by atoms with E-state index in [4.69, 9.17) is 36.1 Å². The normalized spacial score (nSPS) is 10.3. The number of nitrogens with two attached hydrogens (primary N) is 1. The van der Waals surface area contributed by atoms with Gasteiger partial charge in [0.05, 0.1) is 6.10 Å². The Morgan fingerprint density at radius 3 is 1.81 bits per heavy atom. The largest absolute Gasteiger partial charge is 0.504 e. The van der Waals surface area contributed by atoms with Gasteiger partial charge in [-0.1, -0.05) is 26.5 Å². The Kier molecular flexibility index (Phi) is 13.1. The Morgan fingerprint density at radius 2 is 1.38 bits per heavy atom. The van der Waals surface area contributed by atoms with E-state index in [1.807, 2.05) is 6.92 Å². The van der Waals surface area contributed by atoms with Gasteiger partial charge in [-0.2, -0.15) is 0 Å². The molecule has 0 aromatic heterocycles. The third-order valence-electron chi connectivity index (χ3n) is 3.24. The fourth-order valence-corrected chi connectivity index (χ4v) is 1.87. The number of benzene rings is 2. The molecule has 0 bridgehead atoms. The van der Waals surface area contributed by atoms with Crippen molar-refractivity contribution in [3.63, 3.8) is 0 Å². The van der Waals surface area contributed by atoms with Crippen molar-refractivity contribution in [3.05, 3.63) is 57.5 Å². The molecule has 0 spiro atoms. The van der Waals surface area contributed by atoms with Crippen molar-refractivity contribution in [3.8, 4) is 23.0 Å². The van der Waals surface area contributed by atoms with Crippen LogP contribution in [0.5, 0.6) is 23.0 Å². The average Bonchev–Trinajstić information content (AvgIpc) is 2.62. The number of aromatic hydroxyl groups is 4. The van der Waals surface area contributed by atoms with Crippen LogP contribution in [0.1, 0.15) is 38.0 Å².